The quantitative estimate of drug-likeness (QED) is 0.577. The van der Waals surface area contributed by atoms with E-state index < -0.39 is 0 Å². The number of thiocarbonyl (C=S) groups is 1. The van der Waals surface area contributed by atoms with Crippen LogP contribution in [0.1, 0.15) is 25.0 Å². The van der Waals surface area contributed by atoms with Crippen LogP contribution in [-0.4, -0.2) is 20.6 Å². The van der Waals surface area contributed by atoms with E-state index in [0.717, 1.165) is 22.8 Å². The van der Waals surface area contributed by atoms with Crippen LogP contribution in [-0.2, 0) is 13.6 Å². The first-order valence-electron chi connectivity index (χ1n) is 8.74. The zero-order valence-corrected chi connectivity index (χ0v) is 17.2. The molecular formula is C21H24ClN3S. The van der Waals surface area contributed by atoms with Crippen molar-refractivity contribution in [1.29, 1.82) is 0 Å². The number of benzene rings is 2. The summed E-state index contributed by atoms with van der Waals surface area (Å²) >= 11 is 12.0. The van der Waals surface area contributed by atoms with Gasteiger partial charge in [-0.05, 0) is 62.3 Å². The standard InChI is InChI=1S/C21H24ClN3S/c1-14(2)25(21(26)23-19-10-7-9-18(22)15(19)3)13-16-12-24(4)20-11-6-5-8-17(16)20/h5-12,14H,13H2,1-4H3,(H,23,26). The average molecular weight is 386 g/mol. The Morgan fingerprint density at radius 3 is 2.65 bits per heavy atom. The summed E-state index contributed by atoms with van der Waals surface area (Å²) in [6.07, 6.45) is 2.19. The summed E-state index contributed by atoms with van der Waals surface area (Å²) < 4.78 is 2.17. The predicted octanol–water partition coefficient (Wildman–Crippen LogP) is 5.75. The van der Waals surface area contributed by atoms with Crippen LogP contribution < -0.4 is 5.32 Å². The molecule has 1 N–H and O–H groups in total. The highest BCUT2D eigenvalue weighted by molar-refractivity contribution is 7.80. The maximum absolute atomic E-state index is 6.24. The van der Waals surface area contributed by atoms with Gasteiger partial charge in [-0.15, -0.1) is 0 Å². The lowest BCUT2D eigenvalue weighted by atomic mass is 10.1. The lowest BCUT2D eigenvalue weighted by Crippen LogP contribution is -2.39. The van der Waals surface area contributed by atoms with Crippen molar-refractivity contribution in [2.45, 2.75) is 33.4 Å². The van der Waals surface area contributed by atoms with Crippen molar-refractivity contribution in [3.8, 4) is 0 Å². The van der Waals surface area contributed by atoms with Gasteiger partial charge in [-0.25, -0.2) is 0 Å². The molecule has 3 aromatic rings. The van der Waals surface area contributed by atoms with E-state index >= 15 is 0 Å². The van der Waals surface area contributed by atoms with Crippen LogP contribution in [0.4, 0.5) is 5.69 Å². The number of rotatable bonds is 4. The monoisotopic (exact) mass is 385 g/mol. The first-order chi connectivity index (χ1) is 12.4. The Morgan fingerprint density at radius 1 is 1.19 bits per heavy atom. The first-order valence-corrected chi connectivity index (χ1v) is 9.52. The van der Waals surface area contributed by atoms with Gasteiger partial charge >= 0.3 is 0 Å². The van der Waals surface area contributed by atoms with Gasteiger partial charge in [-0.2, -0.15) is 0 Å². The third-order valence-electron chi connectivity index (χ3n) is 4.71. The Hall–Kier alpha value is -2.04. The Bertz CT molecular complexity index is 946. The average Bonchev–Trinajstić information content (AvgIpc) is 2.93. The van der Waals surface area contributed by atoms with Crippen LogP contribution in [0.15, 0.2) is 48.7 Å². The normalized spacial score (nSPS) is 11.2. The van der Waals surface area contributed by atoms with Gasteiger partial charge in [0.15, 0.2) is 5.11 Å². The molecule has 0 spiro atoms. The molecule has 1 heterocycles. The van der Waals surface area contributed by atoms with Crippen molar-refractivity contribution in [3.63, 3.8) is 0 Å². The van der Waals surface area contributed by atoms with Crippen molar-refractivity contribution in [2.24, 2.45) is 7.05 Å². The summed E-state index contributed by atoms with van der Waals surface area (Å²) in [6, 6.07) is 14.6. The predicted molar refractivity (Wildman–Crippen MR) is 116 cm³/mol. The third kappa shape index (κ3) is 3.71. The maximum atomic E-state index is 6.24. The van der Waals surface area contributed by atoms with E-state index in [9.17, 15) is 0 Å². The number of para-hydroxylation sites is 1. The molecule has 136 valence electrons. The Kier molecular flexibility index (Phi) is 5.54. The molecule has 0 aliphatic carbocycles. The van der Waals surface area contributed by atoms with Gasteiger partial charge in [0.05, 0.1) is 0 Å². The van der Waals surface area contributed by atoms with E-state index in [2.05, 4.69) is 66.1 Å². The number of hydrogen-bond acceptors (Lipinski definition) is 1. The molecule has 0 atom stereocenters. The molecule has 1 aromatic heterocycles. The Labute approximate surface area is 165 Å². The summed E-state index contributed by atoms with van der Waals surface area (Å²) in [5.41, 5.74) is 4.45. The number of aromatic nitrogens is 1. The molecule has 2 aromatic carbocycles. The number of aryl methyl sites for hydroxylation is 1. The number of anilines is 1. The highest BCUT2D eigenvalue weighted by atomic mass is 35.5. The second kappa shape index (κ2) is 7.68. The van der Waals surface area contributed by atoms with Crippen LogP contribution in [0.5, 0.6) is 0 Å². The van der Waals surface area contributed by atoms with Crippen LogP contribution in [0.3, 0.4) is 0 Å². The van der Waals surface area contributed by atoms with Crippen LogP contribution >= 0.6 is 23.8 Å². The lowest BCUT2D eigenvalue weighted by molar-refractivity contribution is 0.349. The number of fused-ring (bicyclic) bond motifs is 1. The molecule has 3 rings (SSSR count). The number of nitrogens with one attached hydrogen (secondary N) is 1. The van der Waals surface area contributed by atoms with Gasteiger partial charge < -0.3 is 14.8 Å². The Morgan fingerprint density at radius 2 is 1.92 bits per heavy atom. The third-order valence-corrected chi connectivity index (χ3v) is 5.46. The van der Waals surface area contributed by atoms with Gasteiger partial charge in [-0.3, -0.25) is 0 Å². The SMILES string of the molecule is Cc1c(Cl)cccc1NC(=S)N(Cc1cn(C)c2ccccc12)C(C)C. The second-order valence-corrected chi connectivity index (χ2v) is 7.64. The zero-order chi connectivity index (χ0) is 18.8. The fourth-order valence-corrected chi connectivity index (χ4v) is 3.71. The molecule has 3 nitrogen and oxygen atoms in total. The van der Waals surface area contributed by atoms with E-state index in [1.165, 1.54) is 16.5 Å². The van der Waals surface area contributed by atoms with Gasteiger partial charge in [0.25, 0.3) is 0 Å². The van der Waals surface area contributed by atoms with Crippen LogP contribution in [0, 0.1) is 6.92 Å². The van der Waals surface area contributed by atoms with E-state index in [0.29, 0.717) is 5.11 Å². The van der Waals surface area contributed by atoms with Gasteiger partial charge in [0.2, 0.25) is 0 Å². The molecule has 0 unspecified atom stereocenters. The minimum Gasteiger partial charge on any atom is -0.350 e. The Balaban J connectivity index is 1.87. The van der Waals surface area contributed by atoms with E-state index in [1.807, 2.05) is 25.1 Å². The molecule has 0 amide bonds. The number of halogens is 1. The smallest absolute Gasteiger partial charge is 0.173 e. The minimum atomic E-state index is 0.272. The molecule has 0 aliphatic rings. The van der Waals surface area contributed by atoms with E-state index in [4.69, 9.17) is 23.8 Å². The molecule has 0 bridgehead atoms. The van der Waals surface area contributed by atoms with Crippen molar-refractivity contribution < 1.29 is 0 Å². The highest BCUT2D eigenvalue weighted by Crippen LogP contribution is 2.25. The number of hydrogen-bond donors (Lipinski definition) is 1. The summed E-state index contributed by atoms with van der Waals surface area (Å²) in [4.78, 5) is 2.21. The van der Waals surface area contributed by atoms with E-state index in [-0.39, 0.29) is 6.04 Å². The summed E-state index contributed by atoms with van der Waals surface area (Å²) in [5, 5.41) is 6.09. The molecule has 0 radical (unpaired) electrons. The molecular weight excluding hydrogens is 362 g/mol. The number of nitrogens with zero attached hydrogens (tertiary/aromatic N) is 2. The largest absolute Gasteiger partial charge is 0.350 e. The topological polar surface area (TPSA) is 20.2 Å². The van der Waals surface area contributed by atoms with Crippen molar-refractivity contribution in [3.05, 3.63) is 64.8 Å². The molecule has 0 saturated heterocycles. The van der Waals surface area contributed by atoms with Crippen molar-refractivity contribution in [2.75, 3.05) is 5.32 Å². The van der Waals surface area contributed by atoms with Crippen LogP contribution in [0.25, 0.3) is 10.9 Å². The molecule has 0 saturated carbocycles. The van der Waals surface area contributed by atoms with E-state index in [1.54, 1.807) is 0 Å². The molecule has 0 fully saturated rings. The fourth-order valence-electron chi connectivity index (χ4n) is 3.15. The highest BCUT2D eigenvalue weighted by Gasteiger charge is 2.17. The van der Waals surface area contributed by atoms with Crippen LogP contribution in [0.2, 0.25) is 5.02 Å². The molecule has 26 heavy (non-hydrogen) atoms. The first kappa shape index (κ1) is 18.7. The van der Waals surface area contributed by atoms with Gasteiger partial charge in [-0.1, -0.05) is 35.9 Å². The summed E-state index contributed by atoms with van der Waals surface area (Å²) in [5.74, 6) is 0. The summed E-state index contributed by atoms with van der Waals surface area (Å²) in [7, 11) is 2.08. The van der Waals surface area contributed by atoms with Gasteiger partial charge in [0, 0.05) is 47.4 Å². The minimum absolute atomic E-state index is 0.272. The summed E-state index contributed by atoms with van der Waals surface area (Å²) in [6.45, 7) is 7.07. The lowest BCUT2D eigenvalue weighted by Gasteiger charge is -2.30. The van der Waals surface area contributed by atoms with Crippen molar-refractivity contribution >= 4 is 45.5 Å². The van der Waals surface area contributed by atoms with Gasteiger partial charge in [0.1, 0.15) is 0 Å². The van der Waals surface area contributed by atoms with Crippen molar-refractivity contribution in [1.82, 2.24) is 9.47 Å². The zero-order valence-electron chi connectivity index (χ0n) is 15.6. The maximum Gasteiger partial charge on any atom is 0.173 e. The second-order valence-electron chi connectivity index (χ2n) is 6.85. The molecule has 0 aliphatic heterocycles. The molecule has 5 heteroatoms. The fraction of sp³-hybridized carbons (Fsp3) is 0.286.